The van der Waals surface area contributed by atoms with E-state index in [1.807, 2.05) is 0 Å². The number of hydrogen-bond acceptors (Lipinski definition) is 16. The van der Waals surface area contributed by atoms with Crippen LogP contribution in [0.15, 0.2) is 22.3 Å². The predicted molar refractivity (Wildman–Crippen MR) is 138 cm³/mol. The van der Waals surface area contributed by atoms with Crippen LogP contribution in [0.4, 0.5) is 0 Å². The Morgan fingerprint density at radius 2 is 0.881 bits per heavy atom. The van der Waals surface area contributed by atoms with E-state index >= 15 is 0 Å². The maximum Gasteiger partial charge on any atom is 0.397 e. The quantitative estimate of drug-likeness (QED) is 0.0736. The first-order valence-electron chi connectivity index (χ1n) is 11.8. The number of carbonyl (C=O) groups is 6. The minimum Gasteiger partial charge on any atom is -0.469 e. The van der Waals surface area contributed by atoms with Crippen molar-refractivity contribution in [2.75, 3.05) is 55.9 Å². The normalized spacial score (nSPS) is 11.8. The van der Waals surface area contributed by atoms with Crippen LogP contribution in [-0.4, -0.2) is 110 Å². The van der Waals surface area contributed by atoms with E-state index in [9.17, 15) is 37.2 Å². The van der Waals surface area contributed by atoms with Crippen LogP contribution in [0.25, 0.3) is 0 Å². The van der Waals surface area contributed by atoms with Crippen molar-refractivity contribution in [1.82, 2.24) is 0 Å². The van der Waals surface area contributed by atoms with Gasteiger partial charge in [0.1, 0.15) is 0 Å². The summed E-state index contributed by atoms with van der Waals surface area (Å²) in [6.07, 6.45) is -0.752. The van der Waals surface area contributed by atoms with Crippen molar-refractivity contribution in [1.29, 1.82) is 0 Å². The third kappa shape index (κ3) is 16.4. The molecule has 0 heterocycles. The van der Waals surface area contributed by atoms with Crippen LogP contribution in [0.1, 0.15) is 38.5 Å². The zero-order chi connectivity index (χ0) is 32.9. The SMILES string of the molecule is COC(=O)C/C(C(=O)OC)=C(\CCCO)C(=O)OC.COC(=O)C/C(C(=O)OC)=C(\CCCOS(=O)(=O)O)C(=O)OC. The Balaban J connectivity index is 0. The van der Waals surface area contributed by atoms with Crippen LogP contribution >= 0.6 is 0 Å². The first-order chi connectivity index (χ1) is 19.7. The maximum atomic E-state index is 11.8. The molecule has 0 unspecified atom stereocenters. The zero-order valence-electron chi connectivity index (χ0n) is 24.1. The average molecular weight is 629 g/mol. The highest BCUT2D eigenvalue weighted by molar-refractivity contribution is 7.80. The molecular formula is C24H36O17S. The van der Waals surface area contributed by atoms with Crippen LogP contribution in [0.5, 0.6) is 0 Å². The largest absolute Gasteiger partial charge is 0.469 e. The van der Waals surface area contributed by atoms with Crippen LogP contribution in [0.2, 0.25) is 0 Å². The van der Waals surface area contributed by atoms with Crippen molar-refractivity contribution >= 4 is 46.2 Å². The van der Waals surface area contributed by atoms with Gasteiger partial charge >= 0.3 is 46.2 Å². The Morgan fingerprint density at radius 1 is 0.548 bits per heavy atom. The molecule has 0 aliphatic carbocycles. The Labute approximate surface area is 242 Å². The van der Waals surface area contributed by atoms with Gasteiger partial charge in [0, 0.05) is 17.8 Å². The lowest BCUT2D eigenvalue weighted by Crippen LogP contribution is -2.18. The van der Waals surface area contributed by atoms with Crippen molar-refractivity contribution in [2.24, 2.45) is 0 Å². The van der Waals surface area contributed by atoms with Gasteiger partial charge in [-0.15, -0.1) is 0 Å². The predicted octanol–water partition coefficient (Wildman–Crippen LogP) is -0.244. The summed E-state index contributed by atoms with van der Waals surface area (Å²) in [5.74, 6) is -4.80. The summed E-state index contributed by atoms with van der Waals surface area (Å²) in [5, 5.41) is 8.79. The maximum absolute atomic E-state index is 11.8. The lowest BCUT2D eigenvalue weighted by molar-refractivity contribution is -0.144. The molecule has 0 aromatic rings. The molecule has 0 amide bonds. The number of aliphatic hydroxyl groups is 1. The van der Waals surface area contributed by atoms with Gasteiger partial charge in [-0.05, 0) is 25.7 Å². The highest BCUT2D eigenvalue weighted by Gasteiger charge is 2.26. The van der Waals surface area contributed by atoms with Gasteiger partial charge in [0.25, 0.3) is 0 Å². The molecule has 0 atom stereocenters. The van der Waals surface area contributed by atoms with Gasteiger partial charge in [-0.2, -0.15) is 8.42 Å². The lowest BCUT2D eigenvalue weighted by atomic mass is 10.0. The van der Waals surface area contributed by atoms with E-state index in [4.69, 9.17) is 9.66 Å². The summed E-state index contributed by atoms with van der Waals surface area (Å²) in [5.41, 5.74) is -0.551. The lowest BCUT2D eigenvalue weighted by Gasteiger charge is -2.11. The second-order valence-corrected chi connectivity index (χ2v) is 8.66. The number of rotatable bonds is 16. The third-order valence-corrected chi connectivity index (χ3v) is 5.41. The van der Waals surface area contributed by atoms with E-state index in [0.717, 1.165) is 35.5 Å². The minimum absolute atomic E-state index is 0.00815. The van der Waals surface area contributed by atoms with Crippen LogP contribution in [-0.2, 0) is 71.8 Å². The van der Waals surface area contributed by atoms with Gasteiger partial charge in [0.15, 0.2) is 0 Å². The fraction of sp³-hybridized carbons (Fsp3) is 0.583. The van der Waals surface area contributed by atoms with Gasteiger partial charge in [-0.3, -0.25) is 14.1 Å². The number of hydrogen-bond donors (Lipinski definition) is 2. The molecule has 0 aliphatic rings. The fourth-order valence-corrected chi connectivity index (χ4v) is 3.28. The molecule has 42 heavy (non-hydrogen) atoms. The molecule has 0 saturated carbocycles. The molecule has 0 radical (unpaired) electrons. The molecule has 0 bridgehead atoms. The number of aliphatic hydroxyl groups excluding tert-OH is 1. The van der Waals surface area contributed by atoms with E-state index in [2.05, 4.69) is 32.6 Å². The molecular weight excluding hydrogens is 592 g/mol. The first kappa shape index (κ1) is 40.3. The van der Waals surface area contributed by atoms with Gasteiger partial charge in [-0.1, -0.05) is 0 Å². The van der Waals surface area contributed by atoms with E-state index in [1.54, 1.807) is 0 Å². The van der Waals surface area contributed by atoms with Crippen molar-refractivity contribution in [3.63, 3.8) is 0 Å². The molecule has 17 nitrogen and oxygen atoms in total. The molecule has 18 heteroatoms. The summed E-state index contributed by atoms with van der Waals surface area (Å²) in [6.45, 7) is -0.598. The Kier molecular flexibility index (Phi) is 20.9. The average Bonchev–Trinajstić information content (AvgIpc) is 2.97. The molecule has 2 N–H and O–H groups in total. The molecule has 0 spiro atoms. The van der Waals surface area contributed by atoms with Crippen molar-refractivity contribution in [3.05, 3.63) is 22.3 Å². The summed E-state index contributed by atoms with van der Waals surface area (Å²) >= 11 is 0. The summed E-state index contributed by atoms with van der Waals surface area (Å²) in [7, 11) is 2.10. The van der Waals surface area contributed by atoms with Crippen molar-refractivity contribution in [3.8, 4) is 0 Å². The Morgan fingerprint density at radius 3 is 1.17 bits per heavy atom. The molecule has 0 aliphatic heterocycles. The van der Waals surface area contributed by atoms with Crippen LogP contribution < -0.4 is 0 Å². The molecule has 0 aromatic heterocycles. The highest BCUT2D eigenvalue weighted by atomic mass is 32.3. The molecule has 0 saturated heterocycles. The second-order valence-electron chi connectivity index (χ2n) is 7.57. The van der Waals surface area contributed by atoms with Gasteiger partial charge < -0.3 is 33.5 Å². The van der Waals surface area contributed by atoms with E-state index < -0.39 is 59.2 Å². The van der Waals surface area contributed by atoms with Crippen LogP contribution in [0.3, 0.4) is 0 Å². The molecule has 0 aromatic carbocycles. The van der Waals surface area contributed by atoms with Gasteiger partial charge in [-0.25, -0.2) is 23.4 Å². The summed E-state index contributed by atoms with van der Waals surface area (Å²) < 4.78 is 60.5. The summed E-state index contributed by atoms with van der Waals surface area (Å²) in [4.78, 5) is 69.4. The van der Waals surface area contributed by atoms with Crippen molar-refractivity contribution < 1.29 is 79.4 Å². The standard InChI is InChI=1S/C12H18O10S.C12H18O7/c1-19-10(13)7-9(12(15)21-3)8(11(14)20-2)5-4-6-22-23(16,17)18;1-17-10(14)7-9(12(16)19-3)8(5-4-6-13)11(15)18-2/h4-7H2,1-3H3,(H,16,17,18);13H,4-7H2,1-3H3/b2*9-8-. The molecule has 240 valence electrons. The Hall–Kier alpha value is -3.87. The monoisotopic (exact) mass is 628 g/mol. The topological polar surface area (TPSA) is 242 Å². The van der Waals surface area contributed by atoms with E-state index in [1.165, 1.54) is 7.11 Å². The number of ether oxygens (including phenoxy) is 6. The highest BCUT2D eigenvalue weighted by Crippen LogP contribution is 2.20. The van der Waals surface area contributed by atoms with E-state index in [0.29, 0.717) is 0 Å². The third-order valence-electron chi connectivity index (χ3n) is 4.94. The molecule has 0 rings (SSSR count). The number of carbonyl (C=O) groups excluding carboxylic acids is 6. The van der Waals surface area contributed by atoms with Crippen LogP contribution in [0, 0.1) is 0 Å². The number of methoxy groups -OCH3 is 6. The summed E-state index contributed by atoms with van der Waals surface area (Å²) in [6, 6.07) is 0. The van der Waals surface area contributed by atoms with Gasteiger partial charge in [0.05, 0.1) is 73.3 Å². The molecule has 0 fully saturated rings. The Bertz CT molecular complexity index is 1120. The smallest absolute Gasteiger partial charge is 0.397 e. The minimum atomic E-state index is -4.61. The first-order valence-corrected chi connectivity index (χ1v) is 13.2. The fourth-order valence-electron chi connectivity index (χ4n) is 2.95. The zero-order valence-corrected chi connectivity index (χ0v) is 24.9. The number of esters is 6. The second kappa shape index (κ2) is 21.8. The van der Waals surface area contributed by atoms with E-state index in [-0.39, 0.29) is 61.0 Å². The van der Waals surface area contributed by atoms with Crippen molar-refractivity contribution in [2.45, 2.75) is 38.5 Å². The van der Waals surface area contributed by atoms with Gasteiger partial charge in [0.2, 0.25) is 0 Å².